The molecule has 84 valence electrons. The molecule has 2 aromatic heterocycles. The standard InChI is InChI=1S/C8H9N3.2C2H6/c1-11-5-7(9)6-4-10-3-2-8(6)11;2*1-2/h2-5H,9H2,1H3;2*1-2H3. The molecule has 2 rings (SSSR count). The highest BCUT2D eigenvalue weighted by Gasteiger charge is 2.00. The van der Waals surface area contributed by atoms with Gasteiger partial charge in [0.1, 0.15) is 0 Å². The molecule has 15 heavy (non-hydrogen) atoms. The third-order valence-electron chi connectivity index (χ3n) is 1.82. The fourth-order valence-electron chi connectivity index (χ4n) is 1.26. The first-order chi connectivity index (χ1) is 7.29. The molecule has 0 aliphatic heterocycles. The highest BCUT2D eigenvalue weighted by molar-refractivity contribution is 5.90. The monoisotopic (exact) mass is 207 g/mol. The van der Waals surface area contributed by atoms with Gasteiger partial charge in [-0.05, 0) is 6.07 Å². The topological polar surface area (TPSA) is 43.8 Å². The van der Waals surface area contributed by atoms with Crippen LogP contribution in [0.4, 0.5) is 5.69 Å². The lowest BCUT2D eigenvalue weighted by molar-refractivity contribution is 0.969. The first-order valence-electron chi connectivity index (χ1n) is 5.43. The molecule has 3 heteroatoms. The van der Waals surface area contributed by atoms with Gasteiger partial charge in [0.05, 0.1) is 11.2 Å². The van der Waals surface area contributed by atoms with Gasteiger partial charge in [0.2, 0.25) is 0 Å². The quantitative estimate of drug-likeness (QED) is 0.721. The first kappa shape index (κ1) is 13.5. The van der Waals surface area contributed by atoms with Crippen molar-refractivity contribution in [1.29, 1.82) is 0 Å². The van der Waals surface area contributed by atoms with Crippen LogP contribution in [-0.4, -0.2) is 9.55 Å². The normalized spacial score (nSPS) is 8.60. The van der Waals surface area contributed by atoms with E-state index < -0.39 is 0 Å². The Balaban J connectivity index is 0.000000442. The van der Waals surface area contributed by atoms with Crippen molar-refractivity contribution < 1.29 is 0 Å². The van der Waals surface area contributed by atoms with Crippen LogP contribution < -0.4 is 5.73 Å². The number of nitrogen functional groups attached to an aromatic ring is 1. The average Bonchev–Trinajstić information content (AvgIpc) is 2.61. The second-order valence-corrected chi connectivity index (χ2v) is 2.59. The van der Waals surface area contributed by atoms with E-state index in [2.05, 4.69) is 4.98 Å². The van der Waals surface area contributed by atoms with Crippen molar-refractivity contribution in [1.82, 2.24) is 9.55 Å². The zero-order valence-electron chi connectivity index (χ0n) is 10.3. The van der Waals surface area contributed by atoms with Gasteiger partial charge in [-0.25, -0.2) is 0 Å². The summed E-state index contributed by atoms with van der Waals surface area (Å²) >= 11 is 0. The maximum absolute atomic E-state index is 5.72. The number of hydrogen-bond donors (Lipinski definition) is 1. The molecule has 2 aromatic rings. The molecule has 2 heterocycles. The Morgan fingerprint density at radius 1 is 1.20 bits per heavy atom. The third kappa shape index (κ3) is 2.98. The summed E-state index contributed by atoms with van der Waals surface area (Å²) in [6, 6.07) is 1.95. The van der Waals surface area contributed by atoms with Crippen molar-refractivity contribution >= 4 is 16.6 Å². The van der Waals surface area contributed by atoms with E-state index in [4.69, 9.17) is 5.73 Å². The molecule has 0 aromatic carbocycles. The summed E-state index contributed by atoms with van der Waals surface area (Å²) < 4.78 is 1.99. The minimum absolute atomic E-state index is 0.788. The predicted octanol–water partition coefficient (Wildman–Crippen LogP) is 3.21. The van der Waals surface area contributed by atoms with E-state index in [0.29, 0.717) is 0 Å². The van der Waals surface area contributed by atoms with Gasteiger partial charge in [0.25, 0.3) is 0 Å². The van der Waals surface area contributed by atoms with E-state index in [0.717, 1.165) is 16.6 Å². The summed E-state index contributed by atoms with van der Waals surface area (Å²) in [5.41, 5.74) is 7.63. The van der Waals surface area contributed by atoms with Gasteiger partial charge in [0, 0.05) is 31.0 Å². The number of rotatable bonds is 0. The van der Waals surface area contributed by atoms with Crippen molar-refractivity contribution in [2.45, 2.75) is 27.7 Å². The van der Waals surface area contributed by atoms with Crippen LogP contribution in [0.5, 0.6) is 0 Å². The second-order valence-electron chi connectivity index (χ2n) is 2.59. The molecule has 3 nitrogen and oxygen atoms in total. The summed E-state index contributed by atoms with van der Waals surface area (Å²) in [5.74, 6) is 0. The Morgan fingerprint density at radius 3 is 2.33 bits per heavy atom. The molecule has 2 N–H and O–H groups in total. The van der Waals surface area contributed by atoms with Crippen LogP contribution in [0.1, 0.15) is 27.7 Å². The molecule has 0 spiro atoms. The molecule has 0 saturated carbocycles. The maximum Gasteiger partial charge on any atom is 0.0589 e. The first-order valence-corrected chi connectivity index (χ1v) is 5.43. The molecule has 0 unspecified atom stereocenters. The fraction of sp³-hybridized carbons (Fsp3) is 0.417. The zero-order valence-corrected chi connectivity index (χ0v) is 10.3. The summed E-state index contributed by atoms with van der Waals surface area (Å²) in [6.07, 6.45) is 5.44. The lowest BCUT2D eigenvalue weighted by atomic mass is 10.3. The van der Waals surface area contributed by atoms with Crippen molar-refractivity contribution in [3.05, 3.63) is 24.7 Å². The van der Waals surface area contributed by atoms with Gasteiger partial charge in [-0.2, -0.15) is 0 Å². The molecule has 0 saturated heterocycles. The molecule has 0 fully saturated rings. The van der Waals surface area contributed by atoms with E-state index in [1.165, 1.54) is 0 Å². The smallest absolute Gasteiger partial charge is 0.0589 e. The Morgan fingerprint density at radius 2 is 1.80 bits per heavy atom. The minimum atomic E-state index is 0.788. The summed E-state index contributed by atoms with van der Waals surface area (Å²) in [7, 11) is 1.97. The Kier molecular flexibility index (Phi) is 6.18. The van der Waals surface area contributed by atoms with E-state index in [1.54, 1.807) is 12.4 Å². The zero-order chi connectivity index (χ0) is 11.8. The highest BCUT2D eigenvalue weighted by atomic mass is 14.9. The van der Waals surface area contributed by atoms with Crippen LogP contribution in [0.3, 0.4) is 0 Å². The number of nitrogens with two attached hydrogens (primary N) is 1. The lowest BCUT2D eigenvalue weighted by Gasteiger charge is -1.91. The molecular weight excluding hydrogens is 186 g/mol. The molecule has 0 aliphatic carbocycles. The number of aromatic nitrogens is 2. The van der Waals surface area contributed by atoms with E-state index in [9.17, 15) is 0 Å². The predicted molar refractivity (Wildman–Crippen MR) is 67.8 cm³/mol. The molecule has 0 aliphatic rings. The number of aryl methyl sites for hydroxylation is 1. The van der Waals surface area contributed by atoms with E-state index >= 15 is 0 Å². The molecule has 0 radical (unpaired) electrons. The summed E-state index contributed by atoms with van der Waals surface area (Å²) in [4.78, 5) is 3.99. The summed E-state index contributed by atoms with van der Waals surface area (Å²) in [6.45, 7) is 8.00. The van der Waals surface area contributed by atoms with Gasteiger partial charge in [0.15, 0.2) is 0 Å². The van der Waals surface area contributed by atoms with Crippen LogP contribution in [-0.2, 0) is 7.05 Å². The highest BCUT2D eigenvalue weighted by Crippen LogP contribution is 2.20. The van der Waals surface area contributed by atoms with Crippen molar-refractivity contribution in [3.8, 4) is 0 Å². The SMILES string of the molecule is CC.CC.Cn1cc(N)c2cnccc21. The van der Waals surface area contributed by atoms with Crippen LogP contribution in [0, 0.1) is 0 Å². The van der Waals surface area contributed by atoms with Gasteiger partial charge >= 0.3 is 0 Å². The van der Waals surface area contributed by atoms with Gasteiger partial charge in [-0.15, -0.1) is 0 Å². The molecule has 0 atom stereocenters. The largest absolute Gasteiger partial charge is 0.397 e. The van der Waals surface area contributed by atoms with E-state index in [1.807, 2.05) is 51.6 Å². The number of hydrogen-bond acceptors (Lipinski definition) is 2. The number of anilines is 1. The van der Waals surface area contributed by atoms with Crippen LogP contribution in [0.2, 0.25) is 0 Å². The minimum Gasteiger partial charge on any atom is -0.397 e. The fourth-order valence-corrected chi connectivity index (χ4v) is 1.26. The third-order valence-corrected chi connectivity index (χ3v) is 1.82. The van der Waals surface area contributed by atoms with Crippen LogP contribution >= 0.6 is 0 Å². The van der Waals surface area contributed by atoms with Crippen LogP contribution in [0.15, 0.2) is 24.7 Å². The molecular formula is C12H21N3. The van der Waals surface area contributed by atoms with E-state index in [-0.39, 0.29) is 0 Å². The number of pyridine rings is 1. The maximum atomic E-state index is 5.72. The molecule has 0 bridgehead atoms. The Bertz CT molecular complexity index is 355. The average molecular weight is 207 g/mol. The Hall–Kier alpha value is -1.51. The second kappa shape index (κ2) is 6.87. The van der Waals surface area contributed by atoms with Crippen molar-refractivity contribution in [2.75, 3.05) is 5.73 Å². The van der Waals surface area contributed by atoms with Crippen molar-refractivity contribution in [3.63, 3.8) is 0 Å². The van der Waals surface area contributed by atoms with Gasteiger partial charge < -0.3 is 10.3 Å². The Labute approximate surface area is 91.9 Å². The number of fused-ring (bicyclic) bond motifs is 1. The van der Waals surface area contributed by atoms with Gasteiger partial charge in [-0.3, -0.25) is 4.98 Å². The summed E-state index contributed by atoms with van der Waals surface area (Å²) in [5, 5.41) is 1.02. The van der Waals surface area contributed by atoms with Crippen molar-refractivity contribution in [2.24, 2.45) is 7.05 Å². The lowest BCUT2D eigenvalue weighted by Crippen LogP contribution is -1.82. The molecule has 0 amide bonds. The van der Waals surface area contributed by atoms with Crippen LogP contribution in [0.25, 0.3) is 10.9 Å². The number of nitrogens with zero attached hydrogens (tertiary/aromatic N) is 2. The van der Waals surface area contributed by atoms with Gasteiger partial charge in [-0.1, -0.05) is 27.7 Å².